The Hall–Kier alpha value is -2.16. The van der Waals surface area contributed by atoms with Crippen LogP contribution in [0.3, 0.4) is 0 Å². The summed E-state index contributed by atoms with van der Waals surface area (Å²) in [6.07, 6.45) is 2.21. The Morgan fingerprint density at radius 2 is 1.36 bits per heavy atom. The molecule has 1 heterocycles. The highest BCUT2D eigenvalue weighted by Gasteiger charge is 2.32. The molecule has 1 unspecified atom stereocenters. The molecule has 0 aliphatic heterocycles. The van der Waals surface area contributed by atoms with E-state index in [0.29, 0.717) is 12.1 Å². The molecular weight excluding hydrogens is 294 g/mol. The lowest BCUT2D eigenvalue weighted by atomic mass is 9.84. The van der Waals surface area contributed by atoms with Crippen LogP contribution in [0.5, 0.6) is 0 Å². The summed E-state index contributed by atoms with van der Waals surface area (Å²) in [7, 11) is 0. The van der Waals surface area contributed by atoms with Gasteiger partial charge in [-0.25, -0.2) is 0 Å². The van der Waals surface area contributed by atoms with Crippen LogP contribution in [-0.4, -0.2) is 10.1 Å². The van der Waals surface area contributed by atoms with E-state index in [1.54, 1.807) is 6.20 Å². The topological polar surface area (TPSA) is 33.1 Å². The normalized spacial score (nSPS) is 13.0. The van der Waals surface area contributed by atoms with Crippen LogP contribution in [0.2, 0.25) is 0 Å². The Balaban J connectivity index is 0.00000176. The molecule has 0 fully saturated rings. The highest BCUT2D eigenvalue weighted by molar-refractivity contribution is 5.85. The number of hydrogen-bond acceptors (Lipinski definition) is 2. The van der Waals surface area contributed by atoms with Gasteiger partial charge in [0.05, 0.1) is 5.69 Å². The van der Waals surface area contributed by atoms with Crippen LogP contribution in [-0.2, 0) is 12.0 Å². The summed E-state index contributed by atoms with van der Waals surface area (Å²) in [4.78, 5) is 4.37. The molecule has 0 radical (unpaired) electrons. The van der Waals surface area contributed by atoms with E-state index < -0.39 is 5.60 Å². The minimum atomic E-state index is -1.12. The number of pyridine rings is 1. The first kappa shape index (κ1) is 16.2. The van der Waals surface area contributed by atoms with Crippen LogP contribution < -0.4 is 0 Å². The van der Waals surface area contributed by atoms with Crippen molar-refractivity contribution in [2.75, 3.05) is 0 Å². The third-order valence-electron chi connectivity index (χ3n) is 3.64. The first-order chi connectivity index (χ1) is 10.3. The SMILES string of the molecule is Cl.OC(Cc1ccccc1)(c1ccccc1)c1ccccn1. The van der Waals surface area contributed by atoms with Gasteiger partial charge in [-0.3, -0.25) is 4.98 Å². The van der Waals surface area contributed by atoms with E-state index in [0.717, 1.165) is 11.1 Å². The summed E-state index contributed by atoms with van der Waals surface area (Å²) in [5.41, 5.74) is 1.48. The molecule has 0 amide bonds. The van der Waals surface area contributed by atoms with Gasteiger partial charge in [-0.1, -0.05) is 66.7 Å². The number of benzene rings is 2. The van der Waals surface area contributed by atoms with Crippen molar-refractivity contribution in [3.05, 3.63) is 102 Å². The molecule has 3 aromatic rings. The summed E-state index contributed by atoms with van der Waals surface area (Å²) in [6, 6.07) is 25.3. The van der Waals surface area contributed by atoms with Crippen LogP contribution in [0.1, 0.15) is 16.8 Å². The van der Waals surface area contributed by atoms with Gasteiger partial charge in [-0.05, 0) is 23.3 Å². The number of aromatic nitrogens is 1. The van der Waals surface area contributed by atoms with Gasteiger partial charge in [0.25, 0.3) is 0 Å². The van der Waals surface area contributed by atoms with Gasteiger partial charge in [-0.2, -0.15) is 0 Å². The van der Waals surface area contributed by atoms with Crippen LogP contribution in [0.15, 0.2) is 85.1 Å². The largest absolute Gasteiger partial charge is 0.378 e. The molecule has 0 bridgehead atoms. The molecule has 1 atom stereocenters. The van der Waals surface area contributed by atoms with Crippen molar-refractivity contribution in [2.24, 2.45) is 0 Å². The molecule has 0 aliphatic rings. The van der Waals surface area contributed by atoms with E-state index in [4.69, 9.17) is 0 Å². The van der Waals surface area contributed by atoms with Crippen molar-refractivity contribution < 1.29 is 5.11 Å². The monoisotopic (exact) mass is 311 g/mol. The van der Waals surface area contributed by atoms with Gasteiger partial charge >= 0.3 is 0 Å². The summed E-state index contributed by atoms with van der Waals surface area (Å²) >= 11 is 0. The number of hydrogen-bond donors (Lipinski definition) is 1. The number of halogens is 1. The Kier molecular flexibility index (Phi) is 5.31. The maximum absolute atomic E-state index is 11.3. The van der Waals surface area contributed by atoms with E-state index >= 15 is 0 Å². The van der Waals surface area contributed by atoms with Crippen LogP contribution >= 0.6 is 12.4 Å². The molecule has 1 N–H and O–H groups in total. The van der Waals surface area contributed by atoms with Crippen molar-refractivity contribution in [1.82, 2.24) is 4.98 Å². The smallest absolute Gasteiger partial charge is 0.135 e. The Bertz CT molecular complexity index is 647. The highest BCUT2D eigenvalue weighted by Crippen LogP contribution is 2.31. The minimum Gasteiger partial charge on any atom is -0.378 e. The van der Waals surface area contributed by atoms with Crippen molar-refractivity contribution >= 4 is 12.4 Å². The summed E-state index contributed by atoms with van der Waals surface area (Å²) < 4.78 is 0. The van der Waals surface area contributed by atoms with Gasteiger partial charge < -0.3 is 5.11 Å². The van der Waals surface area contributed by atoms with E-state index in [1.165, 1.54) is 0 Å². The maximum atomic E-state index is 11.3. The fourth-order valence-corrected chi connectivity index (χ4v) is 2.55. The van der Waals surface area contributed by atoms with Gasteiger partial charge in [0.15, 0.2) is 0 Å². The van der Waals surface area contributed by atoms with Gasteiger partial charge in [0, 0.05) is 12.6 Å². The highest BCUT2D eigenvalue weighted by atomic mass is 35.5. The fraction of sp³-hybridized carbons (Fsp3) is 0.105. The van der Waals surface area contributed by atoms with E-state index in [9.17, 15) is 5.11 Å². The lowest BCUT2D eigenvalue weighted by molar-refractivity contribution is 0.0765. The predicted octanol–water partition coefficient (Wildman–Crippen LogP) is 3.98. The summed E-state index contributed by atoms with van der Waals surface area (Å²) in [5.74, 6) is 0. The molecule has 0 aliphatic carbocycles. The molecule has 0 saturated heterocycles. The molecule has 3 rings (SSSR count). The van der Waals surface area contributed by atoms with Crippen LogP contribution in [0.25, 0.3) is 0 Å². The lowest BCUT2D eigenvalue weighted by Crippen LogP contribution is -2.31. The van der Waals surface area contributed by atoms with Crippen molar-refractivity contribution in [2.45, 2.75) is 12.0 Å². The predicted molar refractivity (Wildman–Crippen MR) is 91.1 cm³/mol. The van der Waals surface area contributed by atoms with Gasteiger partial charge in [0.1, 0.15) is 5.60 Å². The third kappa shape index (κ3) is 3.35. The molecule has 0 saturated carbocycles. The molecular formula is C19H18ClNO. The molecule has 0 spiro atoms. The van der Waals surface area contributed by atoms with E-state index in [2.05, 4.69) is 4.98 Å². The van der Waals surface area contributed by atoms with Crippen molar-refractivity contribution in [1.29, 1.82) is 0 Å². The molecule has 112 valence electrons. The fourth-order valence-electron chi connectivity index (χ4n) is 2.55. The van der Waals surface area contributed by atoms with Gasteiger partial charge in [-0.15, -0.1) is 12.4 Å². The standard InChI is InChI=1S/C19H17NO.ClH/c21-19(17-11-5-2-6-12-17,18-13-7-8-14-20-18)15-16-9-3-1-4-10-16;/h1-14,21H,15H2;1H. The number of rotatable bonds is 4. The molecule has 1 aromatic heterocycles. The number of aliphatic hydroxyl groups is 1. The molecule has 2 nitrogen and oxygen atoms in total. The Labute approximate surface area is 136 Å². The molecule has 3 heteroatoms. The van der Waals surface area contributed by atoms with Gasteiger partial charge in [0.2, 0.25) is 0 Å². The van der Waals surface area contributed by atoms with Crippen molar-refractivity contribution in [3.8, 4) is 0 Å². The minimum absolute atomic E-state index is 0. The maximum Gasteiger partial charge on any atom is 0.135 e. The van der Waals surface area contributed by atoms with Crippen LogP contribution in [0.4, 0.5) is 0 Å². The van der Waals surface area contributed by atoms with E-state index in [-0.39, 0.29) is 12.4 Å². The van der Waals surface area contributed by atoms with Crippen molar-refractivity contribution in [3.63, 3.8) is 0 Å². The van der Waals surface area contributed by atoms with Crippen LogP contribution in [0, 0.1) is 0 Å². The summed E-state index contributed by atoms with van der Waals surface area (Å²) in [6.45, 7) is 0. The second kappa shape index (κ2) is 7.21. The second-order valence-corrected chi connectivity index (χ2v) is 5.10. The molecule has 22 heavy (non-hydrogen) atoms. The first-order valence-electron chi connectivity index (χ1n) is 7.02. The zero-order valence-corrected chi connectivity index (χ0v) is 12.9. The second-order valence-electron chi connectivity index (χ2n) is 5.10. The Morgan fingerprint density at radius 1 is 0.773 bits per heavy atom. The zero-order chi connectivity index (χ0) is 14.5. The average molecular weight is 312 g/mol. The Morgan fingerprint density at radius 3 is 1.95 bits per heavy atom. The number of nitrogens with zero attached hydrogens (tertiary/aromatic N) is 1. The quantitative estimate of drug-likeness (QED) is 0.790. The third-order valence-corrected chi connectivity index (χ3v) is 3.64. The van der Waals surface area contributed by atoms with E-state index in [1.807, 2.05) is 78.9 Å². The zero-order valence-electron chi connectivity index (χ0n) is 12.1. The average Bonchev–Trinajstić information content (AvgIpc) is 2.57. The lowest BCUT2D eigenvalue weighted by Gasteiger charge is -2.28. The molecule has 2 aromatic carbocycles. The first-order valence-corrected chi connectivity index (χ1v) is 7.02. The summed E-state index contributed by atoms with van der Waals surface area (Å²) in [5, 5.41) is 11.3.